The quantitative estimate of drug-likeness (QED) is 0.0952. The number of halogens is 1. The Morgan fingerprint density at radius 3 is 2.24 bits per heavy atom. The number of ketones is 1. The van der Waals surface area contributed by atoms with Gasteiger partial charge in [0.15, 0.2) is 23.8 Å². The molecule has 2 aliphatic heterocycles. The van der Waals surface area contributed by atoms with Gasteiger partial charge < -0.3 is 64.1 Å². The van der Waals surface area contributed by atoms with Crippen LogP contribution in [0.5, 0.6) is 0 Å². The lowest BCUT2D eigenvalue weighted by molar-refractivity contribution is -0.301. The van der Waals surface area contributed by atoms with E-state index < -0.39 is 130 Å². The molecule has 74 heavy (non-hydrogen) atoms. The van der Waals surface area contributed by atoms with Gasteiger partial charge in [0.1, 0.15) is 24.0 Å². The summed E-state index contributed by atoms with van der Waals surface area (Å²) in [5, 5.41) is 71.6. The molecule has 0 amide bonds. The highest BCUT2D eigenvalue weighted by molar-refractivity contribution is 6.01. The van der Waals surface area contributed by atoms with E-state index in [4.69, 9.17) is 23.7 Å². The summed E-state index contributed by atoms with van der Waals surface area (Å²) < 4.78 is 47.0. The van der Waals surface area contributed by atoms with Crippen LogP contribution in [0.1, 0.15) is 134 Å². The molecule has 0 bridgehead atoms. The molecule has 2 heterocycles. The number of likely N-dealkylation sites (N-methyl/N-ethyl adjacent to an activating group) is 2. The molecule has 0 spiro atoms. The zero-order chi connectivity index (χ0) is 55.4. The van der Waals surface area contributed by atoms with Crippen LogP contribution in [0.25, 0.3) is 0 Å². The smallest absolute Gasteiger partial charge is 0.338 e. The molecule has 6 unspecified atom stereocenters. The zero-order valence-electron chi connectivity index (χ0n) is 46.5. The van der Waals surface area contributed by atoms with Crippen LogP contribution in [-0.4, -0.2) is 183 Å². The fourth-order valence-electron chi connectivity index (χ4n) is 14.8. The van der Waals surface area contributed by atoms with Gasteiger partial charge >= 0.3 is 17.9 Å². The lowest BCUT2D eigenvalue weighted by atomic mass is 9.46. The Kier molecular flexibility index (Phi) is 18.6. The van der Waals surface area contributed by atoms with Crippen LogP contribution in [-0.2, 0) is 42.9 Å². The van der Waals surface area contributed by atoms with Gasteiger partial charge in [0.05, 0.1) is 48.6 Å². The number of hydrogen-bond donors (Lipinski definition) is 6. The number of esters is 3. The van der Waals surface area contributed by atoms with Crippen molar-refractivity contribution in [2.24, 2.45) is 52.3 Å². The van der Waals surface area contributed by atoms with E-state index in [1.165, 1.54) is 26.0 Å². The van der Waals surface area contributed by atoms with Gasteiger partial charge in [0.25, 0.3) is 0 Å². The van der Waals surface area contributed by atoms with Crippen LogP contribution in [0.3, 0.4) is 0 Å². The molecule has 3 saturated carbocycles. The summed E-state index contributed by atoms with van der Waals surface area (Å²) in [4.78, 5) is 57.7. The van der Waals surface area contributed by atoms with Crippen LogP contribution in [0.15, 0.2) is 23.8 Å². The first-order chi connectivity index (χ1) is 34.3. The third kappa shape index (κ3) is 11.3. The molecule has 6 rings (SSSR count). The van der Waals surface area contributed by atoms with Gasteiger partial charge in [-0.25, -0.2) is 9.18 Å². The third-order valence-electron chi connectivity index (χ3n) is 19.1. The summed E-state index contributed by atoms with van der Waals surface area (Å²) >= 11 is 0. The van der Waals surface area contributed by atoms with Crippen LogP contribution >= 0.6 is 0 Å². The van der Waals surface area contributed by atoms with E-state index in [2.05, 4.69) is 0 Å². The molecule has 6 N–H and O–H groups in total. The van der Waals surface area contributed by atoms with Crippen molar-refractivity contribution in [3.8, 4) is 0 Å². The normalized spacial score (nSPS) is 47.6. The van der Waals surface area contributed by atoms with Gasteiger partial charge in [0.2, 0.25) is 0 Å². The Bertz CT molecular complexity index is 2090. The van der Waals surface area contributed by atoms with Gasteiger partial charge in [-0.15, -0.1) is 0 Å². The average Bonchev–Trinajstić information content (AvgIpc) is 3.52. The first-order valence-corrected chi connectivity index (χ1v) is 27.3. The van der Waals surface area contributed by atoms with E-state index in [9.17, 15) is 49.8 Å². The van der Waals surface area contributed by atoms with Crippen LogP contribution in [0.2, 0.25) is 0 Å². The fourth-order valence-corrected chi connectivity index (χ4v) is 14.8. The predicted molar refractivity (Wildman–Crippen MR) is 271 cm³/mol. The zero-order valence-corrected chi connectivity index (χ0v) is 46.5. The first kappa shape index (κ1) is 60.3. The highest BCUT2D eigenvalue weighted by atomic mass is 19.1. The van der Waals surface area contributed by atoms with E-state index >= 15 is 4.39 Å². The Hall–Kier alpha value is -2.91. The summed E-state index contributed by atoms with van der Waals surface area (Å²) in [6, 6.07) is -0.996. The molecule has 23 atom stereocenters. The Morgan fingerprint density at radius 2 is 1.61 bits per heavy atom. The molecule has 17 nitrogen and oxygen atoms in total. The number of unbranched alkanes of at least 4 members (excludes halogenated alkanes) is 1. The largest absolute Gasteiger partial charge is 0.464 e. The summed E-state index contributed by atoms with van der Waals surface area (Å²) in [6.45, 7) is 19.2. The maximum atomic E-state index is 15.9. The van der Waals surface area contributed by atoms with E-state index in [1.807, 2.05) is 44.7 Å². The number of ether oxygens (including phenoxy) is 5. The number of allylic oxidation sites excluding steroid dienone is 4. The van der Waals surface area contributed by atoms with Crippen LogP contribution in [0, 0.1) is 52.3 Å². The van der Waals surface area contributed by atoms with Crippen molar-refractivity contribution >= 4 is 23.7 Å². The molecule has 422 valence electrons. The topological polar surface area (TPSA) is 242 Å². The molecule has 0 radical (unpaired) electrons. The Balaban J connectivity index is 1.13. The maximum Gasteiger partial charge on any atom is 0.338 e. The van der Waals surface area contributed by atoms with Gasteiger partial charge in [-0.2, -0.15) is 0 Å². The lowest BCUT2D eigenvalue weighted by Gasteiger charge is -2.59. The van der Waals surface area contributed by atoms with Crippen molar-refractivity contribution in [3.63, 3.8) is 0 Å². The summed E-state index contributed by atoms with van der Waals surface area (Å²) in [5.41, 5.74) is -7.12. The number of hydrogen-bond acceptors (Lipinski definition) is 17. The number of aliphatic hydroxyl groups excluding tert-OH is 3. The van der Waals surface area contributed by atoms with Crippen molar-refractivity contribution in [2.75, 3.05) is 34.3 Å². The van der Waals surface area contributed by atoms with E-state index in [-0.39, 0.29) is 81.2 Å². The van der Waals surface area contributed by atoms with Crippen molar-refractivity contribution in [1.82, 2.24) is 9.80 Å². The summed E-state index contributed by atoms with van der Waals surface area (Å²) in [5.74, 6) is -6.46. The Morgan fingerprint density at radius 1 is 0.946 bits per heavy atom. The van der Waals surface area contributed by atoms with Gasteiger partial charge in [-0.05, 0) is 149 Å². The summed E-state index contributed by atoms with van der Waals surface area (Å²) in [6.07, 6.45) is -3.82. The number of cyclic esters (lactones) is 1. The monoisotopic (exact) mass is 1050 g/mol. The van der Waals surface area contributed by atoms with Crippen molar-refractivity contribution < 1.29 is 77.9 Å². The fraction of sp³-hybridized carbons (Fsp3) is 0.857. The molecule has 0 aromatic carbocycles. The van der Waals surface area contributed by atoms with Gasteiger partial charge in [-0.3, -0.25) is 14.4 Å². The molecular formula is C56H91FN2O15. The second-order valence-electron chi connectivity index (χ2n) is 24.9. The number of fused-ring (bicyclic) bond motifs is 5. The highest BCUT2D eigenvalue weighted by Gasteiger charge is 2.72. The summed E-state index contributed by atoms with van der Waals surface area (Å²) in [7, 11) is 5.49. The maximum absolute atomic E-state index is 15.9. The molecule has 5 fully saturated rings. The minimum atomic E-state index is -1.97. The molecule has 18 heteroatoms. The second kappa shape index (κ2) is 22.8. The molecule has 2 saturated heterocycles. The van der Waals surface area contributed by atoms with Crippen molar-refractivity contribution in [3.05, 3.63) is 23.8 Å². The van der Waals surface area contributed by atoms with E-state index in [0.29, 0.717) is 25.0 Å². The molecular weight excluding hydrogens is 960 g/mol. The first-order valence-electron chi connectivity index (χ1n) is 27.3. The number of nitrogens with zero attached hydrogens (tertiary/aromatic N) is 2. The lowest BCUT2D eigenvalue weighted by Crippen LogP contribution is -2.63. The van der Waals surface area contributed by atoms with Gasteiger partial charge in [0, 0.05) is 41.7 Å². The molecule has 0 aromatic rings. The van der Waals surface area contributed by atoms with E-state index in [0.717, 1.165) is 0 Å². The third-order valence-corrected chi connectivity index (χ3v) is 19.1. The Labute approximate surface area is 438 Å². The predicted octanol–water partition coefficient (Wildman–Crippen LogP) is 4.44. The van der Waals surface area contributed by atoms with Gasteiger partial charge in [-0.1, -0.05) is 47.6 Å². The van der Waals surface area contributed by atoms with Crippen LogP contribution < -0.4 is 0 Å². The SMILES string of the molecule is CC[C@H]1OC(=O)[C@H](C)[C@@H](O)[C@H](C)[C@@H](OC2OC(C)C[C@@H](N(C)C)C2OC(=O)CCCCOC(=O)[C@@]2(O)[C@H](C)CC3C4C[C@H](F)C5=CC(=O)C=C[C@]5(C)C4[C@@H](O)C[C@@]32C)[C@](C)(O)C[C@@H](C)CN(C)[C@H](C)[C@@H](O)[C@]1(C)O. The molecule has 6 aliphatic rings. The van der Waals surface area contributed by atoms with Crippen molar-refractivity contribution in [1.29, 1.82) is 0 Å². The molecule has 4 aliphatic carbocycles. The van der Waals surface area contributed by atoms with Crippen LogP contribution in [0.4, 0.5) is 4.39 Å². The van der Waals surface area contributed by atoms with E-state index in [1.54, 1.807) is 54.7 Å². The highest BCUT2D eigenvalue weighted by Crippen LogP contribution is 2.68. The number of aliphatic hydroxyl groups is 6. The number of rotatable bonds is 11. The van der Waals surface area contributed by atoms with Crippen molar-refractivity contribution in [2.45, 2.75) is 218 Å². The number of carbonyl (C=O) groups excluding carboxylic acids is 4. The minimum Gasteiger partial charge on any atom is -0.464 e. The molecule has 0 aromatic heterocycles. The number of carbonyl (C=O) groups is 4. The number of alkyl halides is 1. The average molecular weight is 1050 g/mol. The standard InChI is InChI=1S/C56H91FN2O15/c1-15-42-55(11,68)47(64)34(7)59(14)28-29(2)26-54(10,67)48(32(5)45(63)33(6)49(65)72-42)74-50-46(40(58(12)13)23-31(4)71-50)73-43(62)18-16-17-21-70-51(66)56(69)30(3)22-37-36-25-39(57)38-24-35(60)19-20-52(38,8)44(36)41(61)27-53(37,56)9/h19-20,24,29-34,36-37,39-42,44-48,50,61,63-64,67-69H,15-18,21-23,25-28H2,1-14H3/t29-,30-,31?,32+,33-,34-,36?,37?,39+,40-,41+,42-,44?,45+,46?,47-,48-,50?,52+,53+,54-,55-,56+/m1/s1. The second-order valence-corrected chi connectivity index (χ2v) is 24.9. The minimum absolute atomic E-state index is 0.0726.